The fourth-order valence-corrected chi connectivity index (χ4v) is 8.87. The first-order chi connectivity index (χ1) is 21.2. The summed E-state index contributed by atoms with van der Waals surface area (Å²) in [6, 6.07) is -2.57. The Balaban J connectivity index is 1.46. The Labute approximate surface area is 268 Å². The van der Waals surface area contributed by atoms with Crippen LogP contribution >= 0.6 is 0 Å². The van der Waals surface area contributed by atoms with E-state index in [4.69, 9.17) is 10.5 Å². The van der Waals surface area contributed by atoms with E-state index in [1.807, 2.05) is 20.8 Å². The second-order valence-electron chi connectivity index (χ2n) is 16.2. The molecule has 4 amide bonds. The fraction of sp³-hybridized carbons (Fsp3) is 0.857. The number of hydrogen-bond donors (Lipinski definition) is 2. The van der Waals surface area contributed by atoms with Crippen molar-refractivity contribution in [2.45, 2.75) is 154 Å². The van der Waals surface area contributed by atoms with E-state index < -0.39 is 47.4 Å². The van der Waals surface area contributed by atoms with E-state index in [1.165, 1.54) is 0 Å². The summed E-state index contributed by atoms with van der Waals surface area (Å²) in [7, 11) is 0. The zero-order valence-corrected chi connectivity index (χ0v) is 28.1. The van der Waals surface area contributed by atoms with Crippen LogP contribution in [0.15, 0.2) is 0 Å². The number of nitrogens with zero attached hydrogens (tertiary/aromatic N) is 2. The number of rotatable bonds is 10. The normalized spacial score (nSPS) is 28.3. The maximum atomic E-state index is 15.0. The highest BCUT2D eigenvalue weighted by molar-refractivity contribution is 6.37. The molecule has 10 nitrogen and oxygen atoms in total. The Morgan fingerprint density at radius 2 is 1.51 bits per heavy atom. The molecule has 4 saturated carbocycles. The zero-order valence-electron chi connectivity index (χ0n) is 28.1. The van der Waals surface area contributed by atoms with Crippen LogP contribution in [0.2, 0.25) is 0 Å². The Kier molecular flexibility index (Phi) is 9.91. The summed E-state index contributed by atoms with van der Waals surface area (Å²) in [5, 5.41) is 2.90. The van der Waals surface area contributed by atoms with Gasteiger partial charge >= 0.3 is 6.09 Å². The molecule has 3 N–H and O–H groups in total. The molecule has 5 aliphatic rings. The lowest BCUT2D eigenvalue weighted by atomic mass is 9.80. The smallest absolute Gasteiger partial charge is 0.411 e. The predicted molar refractivity (Wildman–Crippen MR) is 170 cm³/mol. The number of primary amides is 1. The van der Waals surface area contributed by atoms with Crippen LogP contribution in [0.1, 0.15) is 125 Å². The summed E-state index contributed by atoms with van der Waals surface area (Å²) in [6.45, 7) is 10.2. The van der Waals surface area contributed by atoms with Gasteiger partial charge in [0.1, 0.15) is 17.7 Å². The molecule has 2 unspecified atom stereocenters. The Morgan fingerprint density at radius 3 is 2.04 bits per heavy atom. The molecule has 45 heavy (non-hydrogen) atoms. The van der Waals surface area contributed by atoms with Crippen LogP contribution in [-0.2, 0) is 23.9 Å². The molecule has 0 aromatic carbocycles. The van der Waals surface area contributed by atoms with Gasteiger partial charge in [-0.15, -0.1) is 0 Å². The van der Waals surface area contributed by atoms with E-state index in [2.05, 4.69) is 19.2 Å². The van der Waals surface area contributed by atoms with E-state index in [0.717, 1.165) is 83.5 Å². The average Bonchev–Trinajstić information content (AvgIpc) is 3.27. The molecule has 5 atom stereocenters. The number of piperidine rings is 1. The number of carbonyl (C=O) groups is 5. The van der Waals surface area contributed by atoms with Gasteiger partial charge in [-0.3, -0.25) is 24.1 Å². The number of carbonyl (C=O) groups excluding carboxylic acids is 5. The third kappa shape index (κ3) is 7.19. The van der Waals surface area contributed by atoms with E-state index in [1.54, 1.807) is 9.80 Å². The highest BCUT2D eigenvalue weighted by atomic mass is 16.6. The van der Waals surface area contributed by atoms with E-state index in [0.29, 0.717) is 13.0 Å². The first kappa shape index (κ1) is 33.7. The van der Waals surface area contributed by atoms with Gasteiger partial charge in [-0.2, -0.15) is 0 Å². The standard InChI is InChI=1S/C35H56N4O6/c1-34(2,3)45-33(44)39(23-17-10-7-11-18-23)27(22-15-8-6-9-16-22)32(43)38-20-24-26(35(24,4)5)28(38)31(42)37-25(29(40)30(36)41)19-21-13-12-14-21/h21-28H,6-20H2,1-5H3,(H2,36,41)(H,37,42)/t24-,25?,26-,27+,28?/m1/s1. The Bertz CT molecular complexity index is 1150. The van der Waals surface area contributed by atoms with Crippen molar-refractivity contribution in [3.63, 3.8) is 0 Å². The lowest BCUT2D eigenvalue weighted by Gasteiger charge is -2.45. The topological polar surface area (TPSA) is 139 Å². The summed E-state index contributed by atoms with van der Waals surface area (Å²) >= 11 is 0. The van der Waals surface area contributed by atoms with Gasteiger partial charge in [-0.25, -0.2) is 4.79 Å². The first-order valence-corrected chi connectivity index (χ1v) is 17.7. The van der Waals surface area contributed by atoms with Crippen LogP contribution in [0.3, 0.4) is 0 Å². The van der Waals surface area contributed by atoms with Gasteiger partial charge in [0, 0.05) is 12.6 Å². The minimum atomic E-state index is -1.05. The minimum absolute atomic E-state index is 0.0165. The van der Waals surface area contributed by atoms with Crippen molar-refractivity contribution in [1.82, 2.24) is 15.1 Å². The summed E-state index contributed by atoms with van der Waals surface area (Å²) in [5.74, 6) is -2.09. The average molecular weight is 629 g/mol. The molecule has 5 fully saturated rings. The third-order valence-electron chi connectivity index (χ3n) is 11.7. The number of likely N-dealkylation sites (tertiary alicyclic amines) is 1. The molecule has 5 rings (SSSR count). The van der Waals surface area contributed by atoms with Gasteiger partial charge in [0.2, 0.25) is 17.6 Å². The number of nitrogens with one attached hydrogen (secondary N) is 1. The highest BCUT2D eigenvalue weighted by Gasteiger charge is 2.70. The number of nitrogens with two attached hydrogens (primary N) is 1. The van der Waals surface area contributed by atoms with Crippen molar-refractivity contribution in [1.29, 1.82) is 0 Å². The van der Waals surface area contributed by atoms with Crippen LogP contribution in [0.25, 0.3) is 0 Å². The van der Waals surface area contributed by atoms with E-state index in [9.17, 15) is 19.2 Å². The number of ether oxygens (including phenoxy) is 1. The molecule has 1 saturated heterocycles. The van der Waals surface area contributed by atoms with Crippen molar-refractivity contribution in [2.24, 2.45) is 34.8 Å². The molecule has 0 bridgehead atoms. The molecule has 4 aliphatic carbocycles. The lowest BCUT2D eigenvalue weighted by Crippen LogP contribution is -2.62. The predicted octanol–water partition coefficient (Wildman–Crippen LogP) is 4.72. The zero-order chi connectivity index (χ0) is 32.7. The van der Waals surface area contributed by atoms with Gasteiger partial charge in [-0.1, -0.05) is 71.6 Å². The number of fused-ring (bicyclic) bond motifs is 1. The van der Waals surface area contributed by atoms with Crippen LogP contribution in [0.4, 0.5) is 4.79 Å². The fourth-order valence-electron chi connectivity index (χ4n) is 8.87. The van der Waals surface area contributed by atoms with Gasteiger partial charge in [0.15, 0.2) is 0 Å². The number of hydrogen-bond acceptors (Lipinski definition) is 6. The maximum absolute atomic E-state index is 15.0. The van der Waals surface area contributed by atoms with Gasteiger partial charge < -0.3 is 20.7 Å². The van der Waals surface area contributed by atoms with Crippen molar-refractivity contribution in [3.8, 4) is 0 Å². The number of ketones is 1. The quantitative estimate of drug-likeness (QED) is 0.336. The molecule has 0 aromatic heterocycles. The second-order valence-corrected chi connectivity index (χ2v) is 16.2. The minimum Gasteiger partial charge on any atom is -0.444 e. The van der Waals surface area contributed by atoms with E-state index >= 15 is 4.79 Å². The molecule has 0 aromatic rings. The summed E-state index contributed by atoms with van der Waals surface area (Å²) in [6.07, 6.45) is 12.5. The van der Waals surface area contributed by atoms with Crippen molar-refractivity contribution >= 4 is 29.6 Å². The van der Waals surface area contributed by atoms with Gasteiger partial charge in [0.25, 0.3) is 5.91 Å². The molecule has 10 heteroatoms. The summed E-state index contributed by atoms with van der Waals surface area (Å²) < 4.78 is 5.99. The molecule has 252 valence electrons. The van der Waals surface area contributed by atoms with Crippen molar-refractivity contribution in [3.05, 3.63) is 0 Å². The Morgan fingerprint density at radius 1 is 0.911 bits per heavy atom. The molecule has 1 aliphatic heterocycles. The number of amides is 4. The monoisotopic (exact) mass is 628 g/mol. The maximum Gasteiger partial charge on any atom is 0.411 e. The van der Waals surface area contributed by atoms with Crippen LogP contribution in [0, 0.1) is 29.1 Å². The summed E-state index contributed by atoms with van der Waals surface area (Å²) in [4.78, 5) is 71.5. The molecule has 0 spiro atoms. The van der Waals surface area contributed by atoms with Crippen LogP contribution in [-0.4, -0.2) is 75.7 Å². The number of Topliss-reactive ketones (excluding diaryl/α,β-unsaturated/α-hetero) is 1. The summed E-state index contributed by atoms with van der Waals surface area (Å²) in [5.41, 5.74) is 4.55. The lowest BCUT2D eigenvalue weighted by molar-refractivity contribution is -0.148. The molecule has 1 heterocycles. The SMILES string of the molecule is CC(C)(C)OC(=O)N(C1CCCCC1)[C@H](C(=O)N1C[C@@H]2[C@H](C1C(=O)NC(CC1CCC1)C(=O)C(N)=O)C2(C)C)C1CCCCC1. The van der Waals surface area contributed by atoms with E-state index in [-0.39, 0.29) is 41.0 Å². The molecular weight excluding hydrogens is 572 g/mol. The Hall–Kier alpha value is -2.65. The largest absolute Gasteiger partial charge is 0.444 e. The molecule has 0 radical (unpaired) electrons. The third-order valence-corrected chi connectivity index (χ3v) is 11.7. The van der Waals surface area contributed by atoms with Crippen LogP contribution in [0.5, 0.6) is 0 Å². The highest BCUT2D eigenvalue weighted by Crippen LogP contribution is 2.65. The van der Waals surface area contributed by atoms with Crippen molar-refractivity contribution < 1.29 is 28.7 Å². The molecular formula is C35H56N4O6. The first-order valence-electron chi connectivity index (χ1n) is 17.7. The van der Waals surface area contributed by atoms with Crippen molar-refractivity contribution in [2.75, 3.05) is 6.54 Å². The second kappa shape index (κ2) is 13.2. The van der Waals surface area contributed by atoms with Gasteiger partial charge in [0.05, 0.1) is 6.04 Å². The van der Waals surface area contributed by atoms with Crippen LogP contribution < -0.4 is 11.1 Å². The van der Waals surface area contributed by atoms with Gasteiger partial charge in [-0.05, 0) is 82.0 Å².